The van der Waals surface area contributed by atoms with Crippen molar-refractivity contribution in [1.82, 2.24) is 14.7 Å². The molecule has 1 amide bonds. The van der Waals surface area contributed by atoms with Gasteiger partial charge in [-0.3, -0.25) is 9.59 Å². The number of aromatic nitrogens is 2. The van der Waals surface area contributed by atoms with Crippen molar-refractivity contribution in [3.05, 3.63) is 40.3 Å². The van der Waals surface area contributed by atoms with E-state index in [-0.39, 0.29) is 18.0 Å². The number of benzene rings is 1. The van der Waals surface area contributed by atoms with Gasteiger partial charge in [0, 0.05) is 31.0 Å². The molecule has 0 N–H and O–H groups in total. The summed E-state index contributed by atoms with van der Waals surface area (Å²) in [6.07, 6.45) is 0.983. The van der Waals surface area contributed by atoms with E-state index >= 15 is 0 Å². The molecule has 24 heavy (non-hydrogen) atoms. The Balaban J connectivity index is 1.81. The number of rotatable bonds is 5. The zero-order valence-corrected chi connectivity index (χ0v) is 14.2. The van der Waals surface area contributed by atoms with Crippen molar-refractivity contribution in [2.45, 2.75) is 26.8 Å². The molecule has 0 spiro atoms. The highest BCUT2D eigenvalue weighted by atomic mass is 16.5. The second-order valence-electron chi connectivity index (χ2n) is 6.26. The predicted molar refractivity (Wildman–Crippen MR) is 91.9 cm³/mol. The van der Waals surface area contributed by atoms with E-state index in [4.69, 9.17) is 4.74 Å². The van der Waals surface area contributed by atoms with E-state index in [0.717, 1.165) is 24.1 Å². The molecular weight excluding hydrogens is 306 g/mol. The van der Waals surface area contributed by atoms with Crippen LogP contribution in [0.3, 0.4) is 0 Å². The van der Waals surface area contributed by atoms with Crippen LogP contribution in [-0.4, -0.2) is 46.9 Å². The highest BCUT2D eigenvalue weighted by molar-refractivity contribution is 5.83. The number of ether oxygens (including phenoxy) is 1. The van der Waals surface area contributed by atoms with Gasteiger partial charge in [-0.15, -0.1) is 0 Å². The van der Waals surface area contributed by atoms with Gasteiger partial charge in [0.05, 0.1) is 17.7 Å². The van der Waals surface area contributed by atoms with Crippen LogP contribution in [0.5, 0.6) is 0 Å². The molecule has 0 unspecified atom stereocenters. The monoisotopic (exact) mass is 329 g/mol. The van der Waals surface area contributed by atoms with E-state index in [9.17, 15) is 9.59 Å². The summed E-state index contributed by atoms with van der Waals surface area (Å²) in [5.41, 5.74) is 0.537. The lowest BCUT2D eigenvalue weighted by molar-refractivity contribution is -0.132. The number of nitrogens with zero attached hydrogens (tertiary/aromatic N) is 3. The maximum Gasteiger partial charge on any atom is 0.275 e. The zero-order valence-electron chi connectivity index (χ0n) is 14.2. The molecule has 1 atom stereocenters. The van der Waals surface area contributed by atoms with Crippen molar-refractivity contribution in [2.24, 2.45) is 5.92 Å². The summed E-state index contributed by atoms with van der Waals surface area (Å²) < 4.78 is 6.66. The predicted octanol–water partition coefficient (Wildman–Crippen LogP) is 1.59. The van der Waals surface area contributed by atoms with Crippen LogP contribution in [0.4, 0.5) is 0 Å². The molecule has 0 bridgehead atoms. The van der Waals surface area contributed by atoms with E-state index < -0.39 is 0 Å². The first-order chi connectivity index (χ1) is 11.6. The fourth-order valence-corrected chi connectivity index (χ4v) is 3.19. The molecule has 6 nitrogen and oxygen atoms in total. The van der Waals surface area contributed by atoms with Gasteiger partial charge >= 0.3 is 0 Å². The lowest BCUT2D eigenvalue weighted by atomic mass is 10.1. The van der Waals surface area contributed by atoms with E-state index in [1.165, 1.54) is 4.68 Å². The van der Waals surface area contributed by atoms with Crippen molar-refractivity contribution in [3.8, 4) is 0 Å². The minimum Gasteiger partial charge on any atom is -0.381 e. The van der Waals surface area contributed by atoms with Crippen LogP contribution in [0.25, 0.3) is 10.8 Å². The molecule has 2 aromatic rings. The van der Waals surface area contributed by atoms with Crippen molar-refractivity contribution in [3.63, 3.8) is 0 Å². The summed E-state index contributed by atoms with van der Waals surface area (Å²) in [5, 5.41) is 5.76. The molecule has 0 aliphatic carbocycles. The summed E-state index contributed by atoms with van der Waals surface area (Å²) >= 11 is 0. The third kappa shape index (κ3) is 3.33. The molecule has 0 radical (unpaired) electrons. The largest absolute Gasteiger partial charge is 0.381 e. The highest BCUT2D eigenvalue weighted by Gasteiger charge is 2.22. The molecule has 1 aliphatic rings. The van der Waals surface area contributed by atoms with Crippen LogP contribution in [0.2, 0.25) is 0 Å². The number of amides is 1. The summed E-state index contributed by atoms with van der Waals surface area (Å²) in [5.74, 6) is 0.311. The fourth-order valence-electron chi connectivity index (χ4n) is 3.19. The number of hydrogen-bond donors (Lipinski definition) is 0. The number of likely N-dealkylation sites (N-methyl/N-ethyl adjacent to an activating group) is 1. The lowest BCUT2D eigenvalue weighted by Gasteiger charge is -2.24. The van der Waals surface area contributed by atoms with Gasteiger partial charge in [0.2, 0.25) is 5.91 Å². The summed E-state index contributed by atoms with van der Waals surface area (Å²) in [4.78, 5) is 27.0. The van der Waals surface area contributed by atoms with Gasteiger partial charge < -0.3 is 9.64 Å². The van der Waals surface area contributed by atoms with E-state index in [0.29, 0.717) is 31.0 Å². The SMILES string of the molecule is CCN(C[C@@H]1CCOC1)C(=O)Cn1nc(C)c2ccccc2c1=O. The highest BCUT2D eigenvalue weighted by Crippen LogP contribution is 2.15. The van der Waals surface area contributed by atoms with Crippen LogP contribution in [-0.2, 0) is 16.1 Å². The molecule has 2 heterocycles. The third-order valence-corrected chi connectivity index (χ3v) is 4.57. The summed E-state index contributed by atoms with van der Waals surface area (Å²) in [6.45, 7) is 6.56. The zero-order chi connectivity index (χ0) is 17.1. The summed E-state index contributed by atoms with van der Waals surface area (Å²) in [7, 11) is 0. The van der Waals surface area contributed by atoms with E-state index in [2.05, 4.69) is 5.10 Å². The average molecular weight is 329 g/mol. The Labute approximate surface area is 141 Å². The Morgan fingerprint density at radius 3 is 2.79 bits per heavy atom. The Morgan fingerprint density at radius 1 is 1.38 bits per heavy atom. The second kappa shape index (κ2) is 7.13. The van der Waals surface area contributed by atoms with Crippen LogP contribution in [0, 0.1) is 12.8 Å². The van der Waals surface area contributed by atoms with Crippen molar-refractivity contribution >= 4 is 16.7 Å². The number of fused-ring (bicyclic) bond motifs is 1. The van der Waals surface area contributed by atoms with Crippen LogP contribution in [0.1, 0.15) is 19.0 Å². The first kappa shape index (κ1) is 16.6. The normalized spacial score (nSPS) is 17.3. The molecule has 1 aliphatic heterocycles. The molecule has 1 fully saturated rings. The van der Waals surface area contributed by atoms with Crippen molar-refractivity contribution in [2.75, 3.05) is 26.3 Å². The quantitative estimate of drug-likeness (QED) is 0.836. The minimum atomic E-state index is -0.218. The molecule has 6 heteroatoms. The fraction of sp³-hybridized carbons (Fsp3) is 0.500. The third-order valence-electron chi connectivity index (χ3n) is 4.57. The number of carbonyl (C=O) groups excluding carboxylic acids is 1. The van der Waals surface area contributed by atoms with Crippen LogP contribution >= 0.6 is 0 Å². The topological polar surface area (TPSA) is 64.4 Å². The average Bonchev–Trinajstić information content (AvgIpc) is 3.10. The van der Waals surface area contributed by atoms with Gasteiger partial charge in [0.25, 0.3) is 5.56 Å². The van der Waals surface area contributed by atoms with Gasteiger partial charge in [-0.25, -0.2) is 4.68 Å². The standard InChI is InChI=1S/C18H23N3O3/c1-3-20(10-14-8-9-24-12-14)17(22)11-21-18(23)16-7-5-4-6-15(16)13(2)19-21/h4-7,14H,3,8-12H2,1-2H3/t14-/m0/s1. The number of aryl methyl sites for hydroxylation is 1. The van der Waals surface area contributed by atoms with Gasteiger partial charge in [-0.05, 0) is 26.3 Å². The molecule has 128 valence electrons. The summed E-state index contributed by atoms with van der Waals surface area (Å²) in [6, 6.07) is 7.37. The Hall–Kier alpha value is -2.21. The van der Waals surface area contributed by atoms with Crippen molar-refractivity contribution < 1.29 is 9.53 Å². The second-order valence-corrected chi connectivity index (χ2v) is 6.26. The Kier molecular flexibility index (Phi) is 4.94. The Morgan fingerprint density at radius 2 is 2.12 bits per heavy atom. The first-order valence-corrected chi connectivity index (χ1v) is 8.42. The molecular formula is C18H23N3O3. The van der Waals surface area contributed by atoms with Crippen LogP contribution in [0.15, 0.2) is 29.1 Å². The maximum absolute atomic E-state index is 12.6. The molecule has 0 saturated carbocycles. The number of hydrogen-bond acceptors (Lipinski definition) is 4. The Bertz CT molecular complexity index is 794. The molecule has 1 aromatic carbocycles. The number of carbonyl (C=O) groups is 1. The van der Waals surface area contributed by atoms with E-state index in [1.54, 1.807) is 11.0 Å². The van der Waals surface area contributed by atoms with Gasteiger partial charge in [0.15, 0.2) is 0 Å². The molecule has 1 saturated heterocycles. The van der Waals surface area contributed by atoms with Crippen LogP contribution < -0.4 is 5.56 Å². The van der Waals surface area contributed by atoms with Gasteiger partial charge in [0.1, 0.15) is 6.54 Å². The minimum absolute atomic E-state index is 0.0219. The van der Waals surface area contributed by atoms with Gasteiger partial charge in [-0.2, -0.15) is 5.10 Å². The molecule has 1 aromatic heterocycles. The smallest absolute Gasteiger partial charge is 0.275 e. The van der Waals surface area contributed by atoms with Crippen molar-refractivity contribution in [1.29, 1.82) is 0 Å². The first-order valence-electron chi connectivity index (χ1n) is 8.42. The lowest BCUT2D eigenvalue weighted by Crippen LogP contribution is -2.40. The van der Waals surface area contributed by atoms with E-state index in [1.807, 2.05) is 32.0 Å². The van der Waals surface area contributed by atoms with Gasteiger partial charge in [-0.1, -0.05) is 18.2 Å². The maximum atomic E-state index is 12.6. The molecule has 3 rings (SSSR count).